The Morgan fingerprint density at radius 3 is 2.28 bits per heavy atom. The van der Waals surface area contributed by atoms with Crippen LogP contribution in [0.15, 0.2) is 102 Å². The molecule has 6 rings (SSSR count). The third-order valence-electron chi connectivity index (χ3n) is 7.36. The summed E-state index contributed by atoms with van der Waals surface area (Å²) >= 11 is 13.0. The van der Waals surface area contributed by atoms with Crippen LogP contribution in [0.3, 0.4) is 0 Å². The molecule has 0 saturated carbocycles. The van der Waals surface area contributed by atoms with Crippen molar-refractivity contribution in [3.63, 3.8) is 0 Å². The average molecular weight is 512 g/mol. The molecule has 0 radical (unpaired) electrons. The molecule has 4 aromatic rings. The van der Waals surface area contributed by atoms with Crippen LogP contribution in [0, 0.1) is 0 Å². The van der Waals surface area contributed by atoms with Gasteiger partial charge in [0.25, 0.3) is 0 Å². The fourth-order valence-electron chi connectivity index (χ4n) is 5.73. The van der Waals surface area contributed by atoms with E-state index in [0.29, 0.717) is 28.5 Å². The molecule has 1 aliphatic heterocycles. The van der Waals surface area contributed by atoms with Crippen molar-refractivity contribution in [3.8, 4) is 0 Å². The Bertz CT molecular complexity index is 1540. The molecule has 0 saturated heterocycles. The van der Waals surface area contributed by atoms with Crippen LogP contribution >= 0.6 is 23.2 Å². The smallest absolute Gasteiger partial charge is 0.232 e. The minimum absolute atomic E-state index is 0.00342. The Kier molecular flexibility index (Phi) is 5.91. The van der Waals surface area contributed by atoms with Crippen LogP contribution in [0.25, 0.3) is 10.8 Å². The summed E-state index contributed by atoms with van der Waals surface area (Å²) in [5.41, 5.74) is 4.09. The Labute approximate surface area is 219 Å². The fourth-order valence-corrected chi connectivity index (χ4v) is 6.17. The van der Waals surface area contributed by atoms with E-state index in [-0.39, 0.29) is 24.0 Å². The van der Waals surface area contributed by atoms with Gasteiger partial charge in [0.1, 0.15) is 0 Å². The Hall–Kier alpha value is -3.40. The maximum absolute atomic E-state index is 13.9. The fraction of sp³-hybridized carbons (Fsp3) is 0.161. The Morgan fingerprint density at radius 1 is 0.722 bits per heavy atom. The molecule has 2 atom stereocenters. The van der Waals surface area contributed by atoms with Gasteiger partial charge in [-0.1, -0.05) is 102 Å². The number of amides is 1. The number of carbonyl (C=O) groups is 2. The van der Waals surface area contributed by atoms with Crippen LogP contribution in [0.1, 0.15) is 42.2 Å². The Morgan fingerprint density at radius 2 is 1.44 bits per heavy atom. The largest absolute Gasteiger partial charge is 0.294 e. The van der Waals surface area contributed by atoms with Gasteiger partial charge in [0.05, 0.1) is 15.7 Å². The number of ketones is 1. The monoisotopic (exact) mass is 511 g/mol. The van der Waals surface area contributed by atoms with Gasteiger partial charge in [0, 0.05) is 35.4 Å². The molecule has 0 aromatic heterocycles. The number of allylic oxidation sites excluding steroid dienone is 2. The van der Waals surface area contributed by atoms with E-state index in [1.165, 1.54) is 0 Å². The molecule has 36 heavy (non-hydrogen) atoms. The number of fused-ring (bicyclic) bond motifs is 1. The summed E-state index contributed by atoms with van der Waals surface area (Å²) < 4.78 is 0. The molecule has 0 N–H and O–H groups in total. The van der Waals surface area contributed by atoms with E-state index in [2.05, 4.69) is 12.1 Å². The standard InChI is InChI=1S/C31H23Cl2NO2/c32-25-14-7-13-23(31(25)33)24-18-29(36)34(26-15-6-11-20-10-4-5-12-22(20)26)27-16-21(17-28(35)30(24)27)19-8-2-1-3-9-19/h1-15,21,24H,16-18H2. The average Bonchev–Trinajstić information content (AvgIpc) is 2.90. The normalized spacial score (nSPS) is 20.1. The topological polar surface area (TPSA) is 37.4 Å². The van der Waals surface area contributed by atoms with E-state index >= 15 is 0 Å². The number of rotatable bonds is 3. The lowest BCUT2D eigenvalue weighted by atomic mass is 9.72. The predicted octanol–water partition coefficient (Wildman–Crippen LogP) is 8.07. The van der Waals surface area contributed by atoms with Crippen molar-refractivity contribution in [2.75, 3.05) is 4.90 Å². The van der Waals surface area contributed by atoms with Crippen LogP contribution in [0.2, 0.25) is 10.0 Å². The van der Waals surface area contributed by atoms with Crippen LogP contribution < -0.4 is 4.90 Å². The van der Waals surface area contributed by atoms with Gasteiger partial charge in [0.2, 0.25) is 5.91 Å². The molecule has 1 amide bonds. The van der Waals surface area contributed by atoms with Gasteiger partial charge in [-0.3, -0.25) is 14.5 Å². The number of benzene rings is 4. The molecule has 178 valence electrons. The number of nitrogens with zero attached hydrogens (tertiary/aromatic N) is 1. The highest BCUT2D eigenvalue weighted by Gasteiger charge is 2.43. The maximum atomic E-state index is 13.9. The molecule has 4 aromatic carbocycles. The molecular weight excluding hydrogens is 489 g/mol. The highest BCUT2D eigenvalue weighted by Crippen LogP contribution is 2.49. The molecule has 2 aliphatic rings. The van der Waals surface area contributed by atoms with Gasteiger partial charge in [-0.25, -0.2) is 0 Å². The van der Waals surface area contributed by atoms with E-state index in [9.17, 15) is 9.59 Å². The summed E-state index contributed by atoms with van der Waals surface area (Å²) in [7, 11) is 0. The lowest BCUT2D eigenvalue weighted by Crippen LogP contribution is -2.42. The van der Waals surface area contributed by atoms with Gasteiger partial charge in [-0.2, -0.15) is 0 Å². The second-order valence-electron chi connectivity index (χ2n) is 9.43. The van der Waals surface area contributed by atoms with Crippen LogP contribution in [-0.4, -0.2) is 11.7 Å². The number of anilines is 1. The third kappa shape index (κ3) is 3.84. The number of hydrogen-bond acceptors (Lipinski definition) is 2. The van der Waals surface area contributed by atoms with Crippen molar-refractivity contribution in [3.05, 3.63) is 123 Å². The number of Topliss-reactive ketones (excluding diaryl/α,β-unsaturated/α-hetero) is 1. The quantitative estimate of drug-likeness (QED) is 0.278. The first-order valence-electron chi connectivity index (χ1n) is 12.1. The zero-order valence-corrected chi connectivity index (χ0v) is 21.0. The van der Waals surface area contributed by atoms with Crippen molar-refractivity contribution in [2.45, 2.75) is 31.1 Å². The molecule has 0 fully saturated rings. The van der Waals surface area contributed by atoms with Crippen LogP contribution in [-0.2, 0) is 9.59 Å². The van der Waals surface area contributed by atoms with Crippen molar-refractivity contribution in [1.82, 2.24) is 0 Å². The number of hydrogen-bond donors (Lipinski definition) is 0. The molecule has 0 bridgehead atoms. The molecule has 3 nitrogen and oxygen atoms in total. The highest BCUT2D eigenvalue weighted by molar-refractivity contribution is 6.42. The van der Waals surface area contributed by atoms with E-state index in [1.54, 1.807) is 11.0 Å². The van der Waals surface area contributed by atoms with Crippen molar-refractivity contribution in [2.24, 2.45) is 0 Å². The minimum atomic E-state index is -0.422. The van der Waals surface area contributed by atoms with E-state index in [0.717, 1.165) is 33.3 Å². The van der Waals surface area contributed by atoms with Gasteiger partial charge in [0.15, 0.2) is 5.78 Å². The van der Waals surface area contributed by atoms with E-state index in [4.69, 9.17) is 23.2 Å². The molecule has 0 spiro atoms. The zero-order valence-electron chi connectivity index (χ0n) is 19.5. The molecule has 2 unspecified atom stereocenters. The molecule has 5 heteroatoms. The second kappa shape index (κ2) is 9.24. The summed E-state index contributed by atoms with van der Waals surface area (Å²) in [4.78, 5) is 29.6. The third-order valence-corrected chi connectivity index (χ3v) is 8.20. The van der Waals surface area contributed by atoms with Crippen LogP contribution in [0.5, 0.6) is 0 Å². The summed E-state index contributed by atoms with van der Waals surface area (Å²) in [5, 5.41) is 2.85. The van der Waals surface area contributed by atoms with Gasteiger partial charge in [-0.05, 0) is 41.0 Å². The predicted molar refractivity (Wildman–Crippen MR) is 146 cm³/mol. The van der Waals surface area contributed by atoms with Crippen molar-refractivity contribution >= 4 is 51.4 Å². The number of halogens is 2. The van der Waals surface area contributed by atoms with E-state index < -0.39 is 5.92 Å². The summed E-state index contributed by atoms with van der Waals surface area (Å²) in [5.74, 6) is -0.415. The zero-order chi connectivity index (χ0) is 24.8. The Balaban J connectivity index is 1.57. The van der Waals surface area contributed by atoms with Crippen molar-refractivity contribution in [1.29, 1.82) is 0 Å². The lowest BCUT2D eigenvalue weighted by Gasteiger charge is -2.41. The SMILES string of the molecule is O=C1CC(c2ccccc2)CC2=C1C(c1cccc(Cl)c1Cl)CC(=O)N2c1cccc2ccccc12. The highest BCUT2D eigenvalue weighted by atomic mass is 35.5. The summed E-state index contributed by atoms with van der Waals surface area (Å²) in [6.45, 7) is 0. The maximum Gasteiger partial charge on any atom is 0.232 e. The summed E-state index contributed by atoms with van der Waals surface area (Å²) in [6.07, 6.45) is 1.15. The first kappa shape index (κ1) is 23.0. The van der Waals surface area contributed by atoms with Gasteiger partial charge in [-0.15, -0.1) is 0 Å². The minimum Gasteiger partial charge on any atom is -0.294 e. The number of carbonyl (C=O) groups excluding carboxylic acids is 2. The summed E-state index contributed by atoms with van der Waals surface area (Å²) in [6, 6.07) is 29.5. The van der Waals surface area contributed by atoms with E-state index in [1.807, 2.05) is 72.8 Å². The lowest BCUT2D eigenvalue weighted by molar-refractivity contribution is -0.120. The van der Waals surface area contributed by atoms with Gasteiger partial charge >= 0.3 is 0 Å². The first-order valence-corrected chi connectivity index (χ1v) is 12.8. The second-order valence-corrected chi connectivity index (χ2v) is 10.2. The molecular formula is C31H23Cl2NO2. The molecule has 1 aliphatic carbocycles. The molecule has 1 heterocycles. The van der Waals surface area contributed by atoms with Gasteiger partial charge < -0.3 is 0 Å². The van der Waals surface area contributed by atoms with Crippen molar-refractivity contribution < 1.29 is 9.59 Å². The first-order chi connectivity index (χ1) is 17.5. The van der Waals surface area contributed by atoms with Crippen LogP contribution in [0.4, 0.5) is 5.69 Å².